The zero-order valence-electron chi connectivity index (χ0n) is 11.8. The molecule has 1 nitrogen and oxygen atoms in total. The standard InChI is InChI=1S/C15H33N/c1-4-7-8-9-10-13-15(16)14(11-5-2)12-6-3/h14-15H,4-13,16H2,1-3H3. The zero-order chi connectivity index (χ0) is 12.2. The van der Waals surface area contributed by atoms with Gasteiger partial charge >= 0.3 is 0 Å². The molecule has 16 heavy (non-hydrogen) atoms. The third kappa shape index (κ3) is 8.15. The summed E-state index contributed by atoms with van der Waals surface area (Å²) in [5, 5.41) is 0. The first kappa shape index (κ1) is 16.0. The Hall–Kier alpha value is -0.0400. The third-order valence-corrected chi connectivity index (χ3v) is 3.57. The molecule has 0 saturated carbocycles. The number of hydrogen-bond acceptors (Lipinski definition) is 1. The third-order valence-electron chi connectivity index (χ3n) is 3.57. The average molecular weight is 227 g/mol. The molecule has 0 heterocycles. The van der Waals surface area contributed by atoms with E-state index in [0.717, 1.165) is 5.92 Å². The SMILES string of the molecule is CCCCCCCC(N)C(CCC)CCC. The Morgan fingerprint density at radius 1 is 0.688 bits per heavy atom. The van der Waals surface area contributed by atoms with Crippen molar-refractivity contribution in [2.24, 2.45) is 11.7 Å². The summed E-state index contributed by atoms with van der Waals surface area (Å²) in [5.41, 5.74) is 6.30. The summed E-state index contributed by atoms with van der Waals surface area (Å²) in [6.07, 6.45) is 13.3. The van der Waals surface area contributed by atoms with Crippen molar-refractivity contribution >= 4 is 0 Å². The maximum absolute atomic E-state index is 6.30. The van der Waals surface area contributed by atoms with Crippen LogP contribution >= 0.6 is 0 Å². The molecule has 1 atom stereocenters. The van der Waals surface area contributed by atoms with Crippen molar-refractivity contribution in [3.8, 4) is 0 Å². The molecule has 0 bridgehead atoms. The summed E-state index contributed by atoms with van der Waals surface area (Å²) in [5.74, 6) is 0.779. The predicted octanol–water partition coefficient (Wildman–Crippen LogP) is 4.89. The Kier molecular flexibility index (Phi) is 11.4. The first-order valence-electron chi connectivity index (χ1n) is 7.51. The van der Waals surface area contributed by atoms with Gasteiger partial charge in [0.05, 0.1) is 0 Å². The first-order valence-corrected chi connectivity index (χ1v) is 7.51. The maximum Gasteiger partial charge on any atom is 0.00671 e. The molecule has 1 heteroatoms. The molecule has 98 valence electrons. The second-order valence-corrected chi connectivity index (χ2v) is 5.20. The molecule has 0 aromatic carbocycles. The molecule has 0 aromatic heterocycles. The number of hydrogen-bond donors (Lipinski definition) is 1. The van der Waals surface area contributed by atoms with Crippen LogP contribution in [-0.4, -0.2) is 6.04 Å². The van der Waals surface area contributed by atoms with E-state index in [1.165, 1.54) is 64.2 Å². The Labute approximate surface area is 103 Å². The van der Waals surface area contributed by atoms with Crippen molar-refractivity contribution < 1.29 is 0 Å². The van der Waals surface area contributed by atoms with Crippen LogP contribution in [0.4, 0.5) is 0 Å². The predicted molar refractivity (Wildman–Crippen MR) is 74.7 cm³/mol. The van der Waals surface area contributed by atoms with Crippen LogP contribution in [-0.2, 0) is 0 Å². The number of rotatable bonds is 11. The fourth-order valence-corrected chi connectivity index (χ4v) is 2.53. The zero-order valence-corrected chi connectivity index (χ0v) is 11.8. The van der Waals surface area contributed by atoms with Gasteiger partial charge < -0.3 is 5.73 Å². The molecule has 0 spiro atoms. The molecule has 0 radical (unpaired) electrons. The first-order chi connectivity index (χ1) is 7.76. The topological polar surface area (TPSA) is 26.0 Å². The molecule has 0 aliphatic carbocycles. The fraction of sp³-hybridized carbons (Fsp3) is 1.00. The van der Waals surface area contributed by atoms with E-state index < -0.39 is 0 Å². The second-order valence-electron chi connectivity index (χ2n) is 5.20. The van der Waals surface area contributed by atoms with Crippen LogP contribution in [0.5, 0.6) is 0 Å². The van der Waals surface area contributed by atoms with Crippen molar-refractivity contribution in [2.75, 3.05) is 0 Å². The number of unbranched alkanes of at least 4 members (excludes halogenated alkanes) is 4. The van der Waals surface area contributed by atoms with Crippen LogP contribution in [0.15, 0.2) is 0 Å². The van der Waals surface area contributed by atoms with Gasteiger partial charge in [0.1, 0.15) is 0 Å². The number of nitrogens with two attached hydrogens (primary N) is 1. The molecule has 2 N–H and O–H groups in total. The molecule has 0 aliphatic rings. The quantitative estimate of drug-likeness (QED) is 0.500. The summed E-state index contributed by atoms with van der Waals surface area (Å²) in [6.45, 7) is 6.82. The van der Waals surface area contributed by atoms with Crippen molar-refractivity contribution in [1.82, 2.24) is 0 Å². The van der Waals surface area contributed by atoms with E-state index in [0.29, 0.717) is 6.04 Å². The van der Waals surface area contributed by atoms with E-state index in [4.69, 9.17) is 5.73 Å². The van der Waals surface area contributed by atoms with Gasteiger partial charge in [-0.2, -0.15) is 0 Å². The van der Waals surface area contributed by atoms with Crippen molar-refractivity contribution in [1.29, 1.82) is 0 Å². The van der Waals surface area contributed by atoms with Crippen LogP contribution in [0.3, 0.4) is 0 Å². The molecule has 0 rings (SSSR count). The lowest BCUT2D eigenvalue weighted by Gasteiger charge is -2.23. The van der Waals surface area contributed by atoms with Gasteiger partial charge in [-0.15, -0.1) is 0 Å². The van der Waals surface area contributed by atoms with Gasteiger partial charge in [-0.3, -0.25) is 0 Å². The van der Waals surface area contributed by atoms with Crippen molar-refractivity contribution in [3.63, 3.8) is 0 Å². The van der Waals surface area contributed by atoms with E-state index in [1.807, 2.05) is 0 Å². The lowest BCUT2D eigenvalue weighted by molar-refractivity contribution is 0.339. The normalized spacial score (nSPS) is 13.3. The van der Waals surface area contributed by atoms with Gasteiger partial charge in [-0.25, -0.2) is 0 Å². The van der Waals surface area contributed by atoms with Gasteiger partial charge in [0.2, 0.25) is 0 Å². The minimum Gasteiger partial charge on any atom is -0.327 e. The highest BCUT2D eigenvalue weighted by Gasteiger charge is 2.15. The summed E-state index contributed by atoms with van der Waals surface area (Å²) >= 11 is 0. The van der Waals surface area contributed by atoms with Crippen molar-refractivity contribution in [3.05, 3.63) is 0 Å². The highest BCUT2D eigenvalue weighted by atomic mass is 14.6. The molecule has 0 aromatic rings. The summed E-state index contributed by atoms with van der Waals surface area (Å²) in [6, 6.07) is 0.460. The van der Waals surface area contributed by atoms with Gasteiger partial charge in [0, 0.05) is 6.04 Å². The molecule has 0 amide bonds. The minimum atomic E-state index is 0.460. The summed E-state index contributed by atoms with van der Waals surface area (Å²) < 4.78 is 0. The van der Waals surface area contributed by atoms with Gasteiger partial charge in [0.15, 0.2) is 0 Å². The summed E-state index contributed by atoms with van der Waals surface area (Å²) in [7, 11) is 0. The van der Waals surface area contributed by atoms with E-state index in [9.17, 15) is 0 Å². The van der Waals surface area contributed by atoms with Crippen LogP contribution in [0.25, 0.3) is 0 Å². The molecular formula is C15H33N. The Morgan fingerprint density at radius 2 is 1.25 bits per heavy atom. The lowest BCUT2D eigenvalue weighted by atomic mass is 9.88. The van der Waals surface area contributed by atoms with E-state index >= 15 is 0 Å². The fourth-order valence-electron chi connectivity index (χ4n) is 2.53. The molecular weight excluding hydrogens is 194 g/mol. The Bertz CT molecular complexity index is 127. The highest BCUT2D eigenvalue weighted by molar-refractivity contribution is 4.72. The monoisotopic (exact) mass is 227 g/mol. The molecule has 0 aliphatic heterocycles. The van der Waals surface area contributed by atoms with Crippen molar-refractivity contribution in [2.45, 2.75) is 91.0 Å². The maximum atomic E-state index is 6.30. The van der Waals surface area contributed by atoms with Gasteiger partial charge in [-0.05, 0) is 25.2 Å². The largest absolute Gasteiger partial charge is 0.327 e. The smallest absolute Gasteiger partial charge is 0.00671 e. The second kappa shape index (κ2) is 11.4. The average Bonchev–Trinajstić information content (AvgIpc) is 2.28. The van der Waals surface area contributed by atoms with E-state index in [-0.39, 0.29) is 0 Å². The van der Waals surface area contributed by atoms with Gasteiger partial charge in [-0.1, -0.05) is 65.7 Å². The van der Waals surface area contributed by atoms with Crippen LogP contribution < -0.4 is 5.73 Å². The minimum absolute atomic E-state index is 0.460. The Balaban J connectivity index is 3.60. The summed E-state index contributed by atoms with van der Waals surface area (Å²) in [4.78, 5) is 0. The van der Waals surface area contributed by atoms with Gasteiger partial charge in [0.25, 0.3) is 0 Å². The van der Waals surface area contributed by atoms with Crippen LogP contribution in [0.1, 0.15) is 85.0 Å². The highest BCUT2D eigenvalue weighted by Crippen LogP contribution is 2.20. The molecule has 0 fully saturated rings. The Morgan fingerprint density at radius 3 is 1.75 bits per heavy atom. The van der Waals surface area contributed by atoms with Crippen LogP contribution in [0, 0.1) is 5.92 Å². The molecule has 1 unspecified atom stereocenters. The molecule has 0 saturated heterocycles. The van der Waals surface area contributed by atoms with E-state index in [1.54, 1.807) is 0 Å². The lowest BCUT2D eigenvalue weighted by Crippen LogP contribution is -2.30. The van der Waals surface area contributed by atoms with Crippen LogP contribution in [0.2, 0.25) is 0 Å². The van der Waals surface area contributed by atoms with E-state index in [2.05, 4.69) is 20.8 Å².